The summed E-state index contributed by atoms with van der Waals surface area (Å²) in [4.78, 5) is 29.5. The molecule has 0 radical (unpaired) electrons. The summed E-state index contributed by atoms with van der Waals surface area (Å²) in [6.07, 6.45) is 0.0447. The average Bonchev–Trinajstić information content (AvgIpc) is 2.83. The molecule has 0 spiro atoms. The van der Waals surface area contributed by atoms with Gasteiger partial charge in [0.2, 0.25) is 0 Å². The van der Waals surface area contributed by atoms with Gasteiger partial charge in [0.15, 0.2) is 10.9 Å². The average molecular weight is 484 g/mol. The maximum Gasteiger partial charge on any atom is 0.258 e. The fourth-order valence-electron chi connectivity index (χ4n) is 3.63. The third-order valence-corrected chi connectivity index (χ3v) is 5.44. The number of fused-ring (bicyclic) bond motifs is 1. The van der Waals surface area contributed by atoms with Crippen molar-refractivity contribution < 1.29 is 14.3 Å². The molecular formula is C28H25N3O3S. The van der Waals surface area contributed by atoms with Crippen LogP contribution >= 0.6 is 12.2 Å². The van der Waals surface area contributed by atoms with E-state index in [1.807, 2.05) is 62.4 Å². The minimum Gasteiger partial charge on any atom is -0.491 e. The third kappa shape index (κ3) is 5.88. The number of ether oxygens (including phenoxy) is 1. The molecule has 176 valence electrons. The van der Waals surface area contributed by atoms with Gasteiger partial charge in [0, 0.05) is 22.2 Å². The van der Waals surface area contributed by atoms with E-state index in [1.54, 1.807) is 30.3 Å². The normalized spacial score (nSPS) is 10.7. The first-order valence-corrected chi connectivity index (χ1v) is 11.6. The Balaban J connectivity index is 1.61. The smallest absolute Gasteiger partial charge is 0.258 e. The Morgan fingerprint density at radius 2 is 1.69 bits per heavy atom. The molecule has 0 aliphatic carbocycles. The van der Waals surface area contributed by atoms with Gasteiger partial charge in [-0.2, -0.15) is 0 Å². The fraction of sp³-hybridized carbons (Fsp3) is 0.143. The Hall–Kier alpha value is -4.10. The lowest BCUT2D eigenvalue weighted by atomic mass is 10.0. The van der Waals surface area contributed by atoms with Gasteiger partial charge < -0.3 is 10.1 Å². The molecule has 4 rings (SSSR count). The fourth-order valence-corrected chi connectivity index (χ4v) is 3.84. The molecule has 0 fully saturated rings. The number of Topliss-reactive ketones (excluding diaryl/α,β-unsaturated/α-hetero) is 1. The molecule has 0 atom stereocenters. The van der Waals surface area contributed by atoms with Gasteiger partial charge in [-0.3, -0.25) is 14.9 Å². The number of benzene rings is 3. The topological polar surface area (TPSA) is 80.3 Å². The number of carbonyl (C=O) groups excluding carboxylic acids is 2. The molecule has 4 aromatic rings. The number of amides is 1. The summed E-state index contributed by atoms with van der Waals surface area (Å²) in [6, 6.07) is 23.8. The first-order chi connectivity index (χ1) is 16.8. The first kappa shape index (κ1) is 24.0. The lowest BCUT2D eigenvalue weighted by molar-refractivity contribution is 0.0977. The Labute approximate surface area is 209 Å². The number of pyridine rings is 1. The summed E-state index contributed by atoms with van der Waals surface area (Å²) in [7, 11) is 0. The first-order valence-electron chi connectivity index (χ1n) is 11.2. The number of anilines is 1. The van der Waals surface area contributed by atoms with E-state index >= 15 is 0 Å². The molecule has 7 heteroatoms. The predicted molar refractivity (Wildman–Crippen MR) is 143 cm³/mol. The Morgan fingerprint density at radius 1 is 0.943 bits per heavy atom. The SMILES string of the molecule is CC(=O)c1ccc(NC(=S)NC(=O)c2cc(-c3cccc(OC(C)C)c3)nc3ccccc23)cc1. The molecule has 6 nitrogen and oxygen atoms in total. The second kappa shape index (κ2) is 10.4. The molecular weight excluding hydrogens is 458 g/mol. The number of carbonyl (C=O) groups is 2. The number of hydrogen-bond donors (Lipinski definition) is 2. The molecule has 1 amide bonds. The molecule has 1 aromatic heterocycles. The van der Waals surface area contributed by atoms with Gasteiger partial charge in [0.1, 0.15) is 5.75 Å². The summed E-state index contributed by atoms with van der Waals surface area (Å²) >= 11 is 5.36. The number of nitrogens with zero attached hydrogens (tertiary/aromatic N) is 1. The van der Waals surface area contributed by atoms with Crippen molar-refractivity contribution in [1.29, 1.82) is 0 Å². The van der Waals surface area contributed by atoms with E-state index in [0.29, 0.717) is 28.0 Å². The van der Waals surface area contributed by atoms with Crippen LogP contribution in [0.25, 0.3) is 22.2 Å². The predicted octanol–water partition coefficient (Wildman–Crippen LogP) is 6.02. The second-order valence-corrected chi connectivity index (χ2v) is 8.72. The van der Waals surface area contributed by atoms with Gasteiger partial charge in [-0.05, 0) is 81.5 Å². The number of hydrogen-bond acceptors (Lipinski definition) is 5. The van der Waals surface area contributed by atoms with Crippen molar-refractivity contribution in [3.63, 3.8) is 0 Å². The van der Waals surface area contributed by atoms with Crippen molar-refractivity contribution in [1.82, 2.24) is 10.3 Å². The Morgan fingerprint density at radius 3 is 2.40 bits per heavy atom. The van der Waals surface area contributed by atoms with Crippen molar-refractivity contribution in [2.75, 3.05) is 5.32 Å². The van der Waals surface area contributed by atoms with Crippen molar-refractivity contribution in [2.45, 2.75) is 26.9 Å². The molecule has 2 N–H and O–H groups in total. The highest BCUT2D eigenvalue weighted by Crippen LogP contribution is 2.27. The van der Waals surface area contributed by atoms with Crippen LogP contribution in [0.15, 0.2) is 78.9 Å². The van der Waals surface area contributed by atoms with Gasteiger partial charge in [0.05, 0.1) is 22.9 Å². The standard InChI is InChI=1S/C28H25N3O3S/c1-17(2)34-22-8-6-7-20(15-22)26-16-24(23-9-4-5-10-25(23)30-26)27(33)31-28(35)29-21-13-11-19(12-14-21)18(3)32/h4-17H,1-3H3,(H2,29,31,33,35). The van der Waals surface area contributed by atoms with Crippen LogP contribution in [0.3, 0.4) is 0 Å². The maximum atomic E-state index is 13.3. The lowest BCUT2D eigenvalue weighted by Gasteiger charge is -2.14. The van der Waals surface area contributed by atoms with Crippen molar-refractivity contribution in [3.05, 3.63) is 90.0 Å². The largest absolute Gasteiger partial charge is 0.491 e. The molecule has 1 heterocycles. The van der Waals surface area contributed by atoms with E-state index in [0.717, 1.165) is 16.7 Å². The Bertz CT molecular complexity index is 1410. The van der Waals surface area contributed by atoms with Gasteiger partial charge >= 0.3 is 0 Å². The van der Waals surface area contributed by atoms with Crippen molar-refractivity contribution in [2.24, 2.45) is 0 Å². The van der Waals surface area contributed by atoms with Gasteiger partial charge in [-0.25, -0.2) is 4.98 Å². The van der Waals surface area contributed by atoms with Crippen molar-refractivity contribution >= 4 is 45.6 Å². The highest BCUT2D eigenvalue weighted by molar-refractivity contribution is 7.80. The summed E-state index contributed by atoms with van der Waals surface area (Å²) in [5.41, 5.74) is 3.92. The zero-order valence-corrected chi connectivity index (χ0v) is 20.5. The van der Waals surface area contributed by atoms with E-state index in [2.05, 4.69) is 10.6 Å². The number of thiocarbonyl (C=S) groups is 1. The van der Waals surface area contributed by atoms with Crippen LogP contribution in [0.4, 0.5) is 5.69 Å². The third-order valence-electron chi connectivity index (χ3n) is 5.24. The minimum atomic E-state index is -0.350. The molecule has 0 aliphatic rings. The molecule has 0 unspecified atom stereocenters. The second-order valence-electron chi connectivity index (χ2n) is 8.31. The zero-order valence-electron chi connectivity index (χ0n) is 19.7. The van der Waals surface area contributed by atoms with Crippen LogP contribution in [-0.2, 0) is 0 Å². The molecule has 0 saturated carbocycles. The highest BCUT2D eigenvalue weighted by Gasteiger charge is 2.16. The van der Waals surface area contributed by atoms with Crippen LogP contribution in [0.2, 0.25) is 0 Å². The van der Waals surface area contributed by atoms with Crippen LogP contribution in [-0.4, -0.2) is 27.9 Å². The van der Waals surface area contributed by atoms with Crippen LogP contribution in [0, 0.1) is 0 Å². The van der Waals surface area contributed by atoms with E-state index in [-0.39, 0.29) is 22.9 Å². The highest BCUT2D eigenvalue weighted by atomic mass is 32.1. The van der Waals surface area contributed by atoms with E-state index < -0.39 is 0 Å². The van der Waals surface area contributed by atoms with Gasteiger partial charge in [-0.1, -0.05) is 30.3 Å². The number of aromatic nitrogens is 1. The number of ketones is 1. The monoisotopic (exact) mass is 483 g/mol. The quantitative estimate of drug-likeness (QED) is 0.258. The van der Waals surface area contributed by atoms with Crippen LogP contribution < -0.4 is 15.4 Å². The van der Waals surface area contributed by atoms with E-state index in [1.165, 1.54) is 6.92 Å². The maximum absolute atomic E-state index is 13.3. The minimum absolute atomic E-state index is 0.0193. The Kier molecular flexibility index (Phi) is 7.17. The molecule has 0 aliphatic heterocycles. The lowest BCUT2D eigenvalue weighted by Crippen LogP contribution is -2.34. The van der Waals surface area contributed by atoms with Crippen LogP contribution in [0.1, 0.15) is 41.5 Å². The summed E-state index contributed by atoms with van der Waals surface area (Å²) in [5, 5.41) is 6.61. The molecule has 3 aromatic carbocycles. The van der Waals surface area contributed by atoms with Gasteiger partial charge in [0.25, 0.3) is 5.91 Å². The van der Waals surface area contributed by atoms with Crippen molar-refractivity contribution in [3.8, 4) is 17.0 Å². The van der Waals surface area contributed by atoms with E-state index in [4.69, 9.17) is 21.9 Å². The number of rotatable bonds is 6. The van der Waals surface area contributed by atoms with Gasteiger partial charge in [-0.15, -0.1) is 0 Å². The molecule has 0 bridgehead atoms. The molecule has 35 heavy (non-hydrogen) atoms. The molecule has 0 saturated heterocycles. The number of para-hydroxylation sites is 1. The summed E-state index contributed by atoms with van der Waals surface area (Å²) < 4.78 is 5.82. The van der Waals surface area contributed by atoms with Crippen LogP contribution in [0.5, 0.6) is 5.75 Å². The zero-order chi connectivity index (χ0) is 24.9. The van der Waals surface area contributed by atoms with E-state index in [9.17, 15) is 9.59 Å². The summed E-state index contributed by atoms with van der Waals surface area (Å²) in [6.45, 7) is 5.45. The number of nitrogens with one attached hydrogen (secondary N) is 2. The summed E-state index contributed by atoms with van der Waals surface area (Å²) in [5.74, 6) is 0.367.